The lowest BCUT2D eigenvalue weighted by atomic mass is 9.72. The molecule has 2 saturated carbocycles. The van der Waals surface area contributed by atoms with Crippen LogP contribution in [-0.4, -0.2) is 40.0 Å². The molecule has 194 valence electrons. The van der Waals surface area contributed by atoms with E-state index in [1.54, 1.807) is 18.3 Å². The van der Waals surface area contributed by atoms with Crippen LogP contribution in [0.2, 0.25) is 0 Å². The second kappa shape index (κ2) is 10.7. The Labute approximate surface area is 222 Å². The van der Waals surface area contributed by atoms with E-state index < -0.39 is 0 Å². The largest absolute Gasteiger partial charge is 0.343 e. The number of benzene rings is 1. The van der Waals surface area contributed by atoms with Gasteiger partial charge < -0.3 is 16.0 Å². The van der Waals surface area contributed by atoms with Crippen molar-refractivity contribution in [1.29, 1.82) is 0 Å². The highest BCUT2D eigenvalue weighted by molar-refractivity contribution is 7.08. The van der Waals surface area contributed by atoms with E-state index in [-0.39, 0.29) is 23.4 Å². The van der Waals surface area contributed by atoms with Crippen molar-refractivity contribution < 1.29 is 9.59 Å². The summed E-state index contributed by atoms with van der Waals surface area (Å²) in [6.07, 6.45) is 7.45. The van der Waals surface area contributed by atoms with Gasteiger partial charge in [0.05, 0.1) is 0 Å². The summed E-state index contributed by atoms with van der Waals surface area (Å²) < 4.78 is 0. The zero-order valence-corrected chi connectivity index (χ0v) is 22.4. The third-order valence-electron chi connectivity index (χ3n) is 8.21. The molecule has 0 bridgehead atoms. The van der Waals surface area contributed by atoms with Crippen molar-refractivity contribution in [3.63, 3.8) is 0 Å². The number of anilines is 1. The standard InChI is InChI=1S/C29H35N5O2S/c1-19(35)34(2)24-10-4-20(5-11-24)16-27(36)31-26-17-25(22-12-15-37-18-22)28(33-32-26)21-6-8-23(9-7-21)29(30)13-3-14-29/h6-9,12,15,17-18,20,24H,3-5,10-11,13-14,16,30H2,1-2H3,(H,31,32,36)/t20-,24-. The van der Waals surface area contributed by atoms with Crippen molar-refractivity contribution in [1.82, 2.24) is 15.1 Å². The van der Waals surface area contributed by atoms with Crippen LogP contribution in [0.3, 0.4) is 0 Å². The zero-order valence-electron chi connectivity index (χ0n) is 21.6. The van der Waals surface area contributed by atoms with Crippen LogP contribution in [0, 0.1) is 5.92 Å². The number of nitrogens with zero attached hydrogens (tertiary/aromatic N) is 3. The number of aromatic nitrogens is 2. The summed E-state index contributed by atoms with van der Waals surface area (Å²) in [6.45, 7) is 1.61. The minimum absolute atomic E-state index is 0.0419. The van der Waals surface area contributed by atoms with E-state index in [0.29, 0.717) is 18.2 Å². The third kappa shape index (κ3) is 5.60. The molecular weight excluding hydrogens is 482 g/mol. The molecule has 3 aromatic rings. The molecule has 2 amide bonds. The van der Waals surface area contributed by atoms with Crippen LogP contribution in [0.4, 0.5) is 5.82 Å². The van der Waals surface area contributed by atoms with Crippen LogP contribution < -0.4 is 11.1 Å². The third-order valence-corrected chi connectivity index (χ3v) is 8.89. The number of carbonyl (C=O) groups excluding carboxylic acids is 2. The predicted molar refractivity (Wildman–Crippen MR) is 148 cm³/mol. The minimum Gasteiger partial charge on any atom is -0.343 e. The lowest BCUT2D eigenvalue weighted by Crippen LogP contribution is -2.43. The van der Waals surface area contributed by atoms with Crippen molar-refractivity contribution >= 4 is 29.0 Å². The van der Waals surface area contributed by atoms with E-state index in [1.165, 1.54) is 12.0 Å². The Morgan fingerprint density at radius 3 is 2.41 bits per heavy atom. The maximum Gasteiger partial charge on any atom is 0.225 e. The topological polar surface area (TPSA) is 101 Å². The van der Waals surface area contributed by atoms with Crippen LogP contribution in [0.1, 0.15) is 63.9 Å². The van der Waals surface area contributed by atoms with E-state index in [9.17, 15) is 9.59 Å². The van der Waals surface area contributed by atoms with Crippen molar-refractivity contribution in [2.75, 3.05) is 12.4 Å². The fourth-order valence-electron chi connectivity index (χ4n) is 5.56. The highest BCUT2D eigenvalue weighted by Gasteiger charge is 2.34. The lowest BCUT2D eigenvalue weighted by molar-refractivity contribution is -0.130. The average molecular weight is 518 g/mol. The van der Waals surface area contributed by atoms with Crippen molar-refractivity contribution in [3.8, 4) is 22.4 Å². The fraction of sp³-hybridized carbons (Fsp3) is 0.448. The van der Waals surface area contributed by atoms with Crippen molar-refractivity contribution in [2.45, 2.75) is 69.9 Å². The Balaban J connectivity index is 1.28. The Morgan fingerprint density at radius 1 is 1.08 bits per heavy atom. The molecule has 5 rings (SSSR count). The van der Waals surface area contributed by atoms with Gasteiger partial charge in [-0.3, -0.25) is 9.59 Å². The summed E-state index contributed by atoms with van der Waals surface area (Å²) in [5, 5.41) is 16.0. The molecule has 1 aromatic carbocycles. The Kier molecular flexibility index (Phi) is 7.40. The fourth-order valence-corrected chi connectivity index (χ4v) is 6.22. The van der Waals surface area contributed by atoms with E-state index in [0.717, 1.165) is 60.9 Å². The average Bonchev–Trinajstić information content (AvgIpc) is 3.42. The second-order valence-electron chi connectivity index (χ2n) is 10.6. The molecule has 3 N–H and O–H groups in total. The number of amides is 2. The van der Waals surface area contributed by atoms with Gasteiger partial charge in [0.2, 0.25) is 11.8 Å². The first kappa shape index (κ1) is 25.5. The van der Waals surface area contributed by atoms with Gasteiger partial charge in [0, 0.05) is 43.1 Å². The van der Waals surface area contributed by atoms with Gasteiger partial charge in [-0.15, -0.1) is 10.2 Å². The molecule has 0 radical (unpaired) electrons. The number of hydrogen-bond donors (Lipinski definition) is 2. The number of nitrogens with one attached hydrogen (secondary N) is 1. The van der Waals surface area contributed by atoms with Crippen LogP contribution in [-0.2, 0) is 15.1 Å². The predicted octanol–water partition coefficient (Wildman–Crippen LogP) is 5.58. The molecule has 2 fully saturated rings. The number of rotatable bonds is 7. The number of nitrogens with two attached hydrogens (primary N) is 1. The van der Waals surface area contributed by atoms with Gasteiger partial charge in [0.1, 0.15) is 5.69 Å². The molecule has 8 heteroatoms. The van der Waals surface area contributed by atoms with Crippen LogP contribution in [0.25, 0.3) is 22.4 Å². The van der Waals surface area contributed by atoms with E-state index >= 15 is 0 Å². The van der Waals surface area contributed by atoms with Crippen LogP contribution >= 0.6 is 11.3 Å². The smallest absolute Gasteiger partial charge is 0.225 e. The molecule has 0 aliphatic heterocycles. The molecule has 2 heterocycles. The Bertz CT molecular complexity index is 1250. The molecule has 2 aliphatic carbocycles. The van der Waals surface area contributed by atoms with Gasteiger partial charge in [-0.05, 0) is 84.9 Å². The quantitative estimate of drug-likeness (QED) is 0.426. The first-order valence-electron chi connectivity index (χ1n) is 13.2. The van der Waals surface area contributed by atoms with Crippen LogP contribution in [0.5, 0.6) is 0 Å². The summed E-state index contributed by atoms with van der Waals surface area (Å²) in [5.74, 6) is 0.842. The first-order chi connectivity index (χ1) is 17.8. The second-order valence-corrected chi connectivity index (χ2v) is 11.4. The summed E-state index contributed by atoms with van der Waals surface area (Å²) in [6, 6.07) is 12.6. The summed E-state index contributed by atoms with van der Waals surface area (Å²) in [7, 11) is 1.87. The van der Waals surface area contributed by atoms with Gasteiger partial charge in [0.15, 0.2) is 5.82 Å². The Morgan fingerprint density at radius 2 is 1.81 bits per heavy atom. The number of carbonyl (C=O) groups is 2. The van der Waals surface area contributed by atoms with Gasteiger partial charge in [0.25, 0.3) is 0 Å². The monoisotopic (exact) mass is 517 g/mol. The molecule has 0 unspecified atom stereocenters. The molecule has 2 aromatic heterocycles. The SMILES string of the molecule is CC(=O)N(C)[C@H]1CC[C@H](CC(=O)Nc2cc(-c3ccsc3)c(-c3ccc(C4(N)CCC4)cc3)nn2)CC1. The molecule has 0 spiro atoms. The maximum absolute atomic E-state index is 12.9. The molecule has 2 aliphatic rings. The van der Waals surface area contributed by atoms with E-state index in [4.69, 9.17) is 5.73 Å². The Hall–Kier alpha value is -3.10. The summed E-state index contributed by atoms with van der Waals surface area (Å²) in [5.41, 5.74) is 11.2. The molecule has 7 nitrogen and oxygen atoms in total. The van der Waals surface area contributed by atoms with Gasteiger partial charge in [-0.25, -0.2) is 0 Å². The van der Waals surface area contributed by atoms with Gasteiger partial charge >= 0.3 is 0 Å². The summed E-state index contributed by atoms with van der Waals surface area (Å²) in [4.78, 5) is 26.3. The number of thiophene rings is 1. The minimum atomic E-state index is -0.197. The van der Waals surface area contributed by atoms with E-state index in [2.05, 4.69) is 51.2 Å². The number of hydrogen-bond acceptors (Lipinski definition) is 6. The first-order valence-corrected chi connectivity index (χ1v) is 14.1. The normalized spacial score (nSPS) is 20.6. The lowest BCUT2D eigenvalue weighted by Gasteiger charge is -2.38. The highest BCUT2D eigenvalue weighted by atomic mass is 32.1. The van der Waals surface area contributed by atoms with E-state index in [1.807, 2.05) is 23.4 Å². The molecule has 0 atom stereocenters. The molecular formula is C29H35N5O2S. The molecule has 37 heavy (non-hydrogen) atoms. The van der Waals surface area contributed by atoms with Gasteiger partial charge in [-0.1, -0.05) is 24.3 Å². The van der Waals surface area contributed by atoms with Crippen molar-refractivity contribution in [2.24, 2.45) is 11.7 Å². The summed E-state index contributed by atoms with van der Waals surface area (Å²) >= 11 is 1.62. The maximum atomic E-state index is 12.9. The zero-order chi connectivity index (χ0) is 26.0. The molecule has 0 saturated heterocycles. The van der Waals surface area contributed by atoms with Crippen LogP contribution in [0.15, 0.2) is 47.2 Å². The van der Waals surface area contributed by atoms with Gasteiger partial charge in [-0.2, -0.15) is 11.3 Å². The van der Waals surface area contributed by atoms with Crippen molar-refractivity contribution in [3.05, 3.63) is 52.7 Å². The highest BCUT2D eigenvalue weighted by Crippen LogP contribution is 2.40.